The summed E-state index contributed by atoms with van der Waals surface area (Å²) in [5.74, 6) is -0.754. The third kappa shape index (κ3) is 6.66. The number of hydrogen-bond donors (Lipinski definition) is 2. The molecule has 2 aromatic heterocycles. The first-order valence-corrected chi connectivity index (χ1v) is 17.7. The number of aromatic nitrogens is 4. The van der Waals surface area contributed by atoms with Gasteiger partial charge < -0.3 is 14.8 Å². The Balaban J connectivity index is 0.828. The van der Waals surface area contributed by atoms with Crippen LogP contribution in [0.4, 0.5) is 10.1 Å². The standard InChI is InChI=1S/C40H36FN7O6/c1-40(2,23-3-8-27(9-4-23)53-22-33-32(41)13-15-35(44-33)47-18-17-42-46-47)24-5-10-28(11-6-24)54-29-19-26(20-29)43-25-7-12-30-31(21-25)39(52)48(38(30)51)34-14-16-36(49)45-37(34)50/h3-13,15,17-18,21,26,29,34,43H,14,16,19-20,22H2,1-2H3,(H,45,49,50). The van der Waals surface area contributed by atoms with Crippen LogP contribution in [0.1, 0.15) is 77.1 Å². The smallest absolute Gasteiger partial charge is 0.262 e. The number of amides is 4. The fraction of sp³-hybridized carbons (Fsp3) is 0.275. The molecule has 0 radical (unpaired) electrons. The number of carbonyl (C=O) groups excluding carboxylic acids is 4. The van der Waals surface area contributed by atoms with Gasteiger partial charge in [0.05, 0.1) is 23.5 Å². The molecule has 54 heavy (non-hydrogen) atoms. The van der Waals surface area contributed by atoms with Crippen molar-refractivity contribution in [3.8, 4) is 17.3 Å². The van der Waals surface area contributed by atoms with Crippen LogP contribution in [-0.2, 0) is 21.6 Å². The highest BCUT2D eigenvalue weighted by Gasteiger charge is 2.45. The van der Waals surface area contributed by atoms with Gasteiger partial charge in [-0.15, -0.1) is 5.10 Å². The Hall–Kier alpha value is -6.44. The van der Waals surface area contributed by atoms with Gasteiger partial charge in [-0.3, -0.25) is 29.4 Å². The number of imide groups is 2. The lowest BCUT2D eigenvalue weighted by Crippen LogP contribution is -2.54. The molecule has 3 aliphatic rings. The van der Waals surface area contributed by atoms with Gasteiger partial charge in [0, 0.05) is 36.4 Å². The summed E-state index contributed by atoms with van der Waals surface area (Å²) in [6, 6.07) is 22.8. The van der Waals surface area contributed by atoms with E-state index in [1.807, 2.05) is 36.4 Å². The van der Waals surface area contributed by atoms with Crippen LogP contribution in [0.2, 0.25) is 0 Å². The van der Waals surface area contributed by atoms with Crippen LogP contribution < -0.4 is 20.1 Å². The van der Waals surface area contributed by atoms with Gasteiger partial charge in [0.15, 0.2) is 5.82 Å². The van der Waals surface area contributed by atoms with E-state index in [4.69, 9.17) is 9.47 Å². The van der Waals surface area contributed by atoms with E-state index >= 15 is 0 Å². The second-order valence-electron chi connectivity index (χ2n) is 14.2. The number of ether oxygens (including phenoxy) is 2. The second kappa shape index (κ2) is 13.8. The molecule has 13 nitrogen and oxygen atoms in total. The number of anilines is 1. The van der Waals surface area contributed by atoms with Gasteiger partial charge in [0.25, 0.3) is 11.8 Å². The molecule has 1 saturated carbocycles. The number of piperidine rings is 1. The molecule has 1 atom stereocenters. The first kappa shape index (κ1) is 34.6. The van der Waals surface area contributed by atoms with Crippen molar-refractivity contribution in [1.82, 2.24) is 30.2 Å². The highest BCUT2D eigenvalue weighted by molar-refractivity contribution is 6.23. The topological polar surface area (TPSA) is 158 Å². The lowest BCUT2D eigenvalue weighted by Gasteiger charge is -2.36. The van der Waals surface area contributed by atoms with E-state index < -0.39 is 35.5 Å². The fourth-order valence-electron chi connectivity index (χ4n) is 7.04. The Morgan fingerprint density at radius 3 is 2.28 bits per heavy atom. The van der Waals surface area contributed by atoms with E-state index in [1.165, 1.54) is 23.0 Å². The Kier molecular flexibility index (Phi) is 8.88. The molecule has 4 heterocycles. The van der Waals surface area contributed by atoms with Crippen LogP contribution >= 0.6 is 0 Å². The van der Waals surface area contributed by atoms with E-state index in [9.17, 15) is 23.6 Å². The summed E-state index contributed by atoms with van der Waals surface area (Å²) in [7, 11) is 0. The minimum absolute atomic E-state index is 0.0169. The zero-order valence-corrected chi connectivity index (χ0v) is 29.5. The Morgan fingerprint density at radius 2 is 1.59 bits per heavy atom. The third-order valence-corrected chi connectivity index (χ3v) is 10.3. The number of halogens is 1. The first-order valence-electron chi connectivity index (χ1n) is 17.7. The van der Waals surface area contributed by atoms with E-state index in [1.54, 1.807) is 24.4 Å². The number of rotatable bonds is 11. The van der Waals surface area contributed by atoms with Crippen molar-refractivity contribution in [3.63, 3.8) is 0 Å². The van der Waals surface area contributed by atoms with Gasteiger partial charge in [-0.05, 0) is 72.1 Å². The van der Waals surface area contributed by atoms with Crippen molar-refractivity contribution >= 4 is 29.3 Å². The number of nitrogens with zero attached hydrogens (tertiary/aromatic N) is 5. The van der Waals surface area contributed by atoms with E-state index in [2.05, 4.69) is 51.9 Å². The molecule has 3 aromatic carbocycles. The molecule has 1 unspecified atom stereocenters. The summed E-state index contributed by atoms with van der Waals surface area (Å²) >= 11 is 0. The summed E-state index contributed by atoms with van der Waals surface area (Å²) in [5.41, 5.74) is 3.23. The normalized spacial score (nSPS) is 19.6. The minimum Gasteiger partial charge on any atom is -0.490 e. The van der Waals surface area contributed by atoms with Crippen molar-refractivity contribution in [2.24, 2.45) is 0 Å². The molecule has 4 amide bonds. The molecule has 5 aromatic rings. The quantitative estimate of drug-likeness (QED) is 0.175. The van der Waals surface area contributed by atoms with Crippen molar-refractivity contribution in [1.29, 1.82) is 0 Å². The molecule has 14 heteroatoms. The monoisotopic (exact) mass is 729 g/mol. The first-order chi connectivity index (χ1) is 26.0. The molecular formula is C40H36FN7O6. The van der Waals surface area contributed by atoms with E-state index in [0.717, 1.165) is 34.6 Å². The molecule has 1 saturated heterocycles. The van der Waals surface area contributed by atoms with Crippen molar-refractivity contribution in [3.05, 3.63) is 125 Å². The Bertz CT molecular complexity index is 2250. The molecule has 1 aliphatic carbocycles. The van der Waals surface area contributed by atoms with Gasteiger partial charge in [-0.2, -0.15) is 0 Å². The maximum absolute atomic E-state index is 14.4. The summed E-state index contributed by atoms with van der Waals surface area (Å²) < 4.78 is 28.0. The predicted octanol–water partition coefficient (Wildman–Crippen LogP) is 5.13. The lowest BCUT2D eigenvalue weighted by molar-refractivity contribution is -0.136. The average molecular weight is 730 g/mol. The molecular weight excluding hydrogens is 693 g/mol. The molecule has 2 aliphatic heterocycles. The number of nitrogens with one attached hydrogen (secondary N) is 2. The highest BCUT2D eigenvalue weighted by atomic mass is 19.1. The van der Waals surface area contributed by atoms with Crippen molar-refractivity contribution in [2.45, 2.75) is 69.7 Å². The summed E-state index contributed by atoms with van der Waals surface area (Å²) in [6.07, 6.45) is 4.87. The van der Waals surface area contributed by atoms with Gasteiger partial charge in [0.1, 0.15) is 41.8 Å². The van der Waals surface area contributed by atoms with Crippen LogP contribution in [0.3, 0.4) is 0 Å². The van der Waals surface area contributed by atoms with Crippen LogP contribution in [0.25, 0.3) is 5.82 Å². The highest BCUT2D eigenvalue weighted by Crippen LogP contribution is 2.36. The summed E-state index contributed by atoms with van der Waals surface area (Å²) in [5, 5.41) is 13.3. The fourth-order valence-corrected chi connectivity index (χ4v) is 7.04. The van der Waals surface area contributed by atoms with Gasteiger partial charge in [-0.1, -0.05) is 43.3 Å². The summed E-state index contributed by atoms with van der Waals surface area (Å²) in [6.45, 7) is 4.25. The van der Waals surface area contributed by atoms with Gasteiger partial charge in [-0.25, -0.2) is 14.1 Å². The molecule has 2 N–H and O–H groups in total. The zero-order valence-electron chi connectivity index (χ0n) is 29.5. The van der Waals surface area contributed by atoms with Crippen LogP contribution in [0, 0.1) is 5.82 Å². The van der Waals surface area contributed by atoms with Crippen LogP contribution in [0.5, 0.6) is 11.5 Å². The number of benzene rings is 3. The number of hydrogen-bond acceptors (Lipinski definition) is 10. The Labute approximate surface area is 309 Å². The van der Waals surface area contributed by atoms with Crippen LogP contribution in [-0.4, -0.2) is 66.7 Å². The minimum atomic E-state index is -0.997. The third-order valence-electron chi connectivity index (χ3n) is 10.3. The number of fused-ring (bicyclic) bond motifs is 1. The average Bonchev–Trinajstić information content (AvgIpc) is 3.78. The Morgan fingerprint density at radius 1 is 0.889 bits per heavy atom. The molecule has 0 bridgehead atoms. The van der Waals surface area contributed by atoms with Gasteiger partial charge >= 0.3 is 0 Å². The number of pyridine rings is 1. The van der Waals surface area contributed by atoms with E-state index in [0.29, 0.717) is 17.3 Å². The molecule has 274 valence electrons. The van der Waals surface area contributed by atoms with Gasteiger partial charge in [0.2, 0.25) is 11.8 Å². The van der Waals surface area contributed by atoms with Crippen molar-refractivity contribution in [2.75, 3.05) is 5.32 Å². The molecule has 8 rings (SSSR count). The van der Waals surface area contributed by atoms with Crippen LogP contribution in [0.15, 0.2) is 91.3 Å². The van der Waals surface area contributed by atoms with Crippen molar-refractivity contribution < 1.29 is 33.0 Å². The maximum Gasteiger partial charge on any atom is 0.262 e. The zero-order chi connectivity index (χ0) is 37.6. The number of carbonyl (C=O) groups is 4. The predicted molar refractivity (Wildman–Crippen MR) is 193 cm³/mol. The van der Waals surface area contributed by atoms with E-state index in [-0.39, 0.29) is 53.8 Å². The largest absolute Gasteiger partial charge is 0.490 e. The molecule has 0 spiro atoms. The SMILES string of the molecule is CC(C)(c1ccc(OCc2nc(-n3ccnn3)ccc2F)cc1)c1ccc(OC2CC(Nc3ccc4c(c3)C(=O)N(C3CCC(=O)NC3=O)C4=O)C2)cc1. The summed E-state index contributed by atoms with van der Waals surface area (Å²) in [4.78, 5) is 55.4. The second-order valence-corrected chi connectivity index (χ2v) is 14.2. The molecule has 2 fully saturated rings. The maximum atomic E-state index is 14.4. The lowest BCUT2D eigenvalue weighted by atomic mass is 9.78.